The standard InChI is InChI=1S/C21H17ClN4O2/c1-28-19-7-3-13(9-24-19)2-5-16-6-4-14(10-23-16)20(27)18-12-26-21-17(18)8-15(22)11-25-21/h3-4,6-12H,2,5H2,1H3,(H,25,26). The Morgan fingerprint density at radius 1 is 1.07 bits per heavy atom. The van der Waals surface area contributed by atoms with Gasteiger partial charge in [0.15, 0.2) is 5.78 Å². The summed E-state index contributed by atoms with van der Waals surface area (Å²) in [4.78, 5) is 28.7. The molecule has 0 atom stereocenters. The highest BCUT2D eigenvalue weighted by Gasteiger charge is 2.15. The lowest BCUT2D eigenvalue weighted by atomic mass is 10.0. The van der Waals surface area contributed by atoms with Gasteiger partial charge in [0.1, 0.15) is 5.65 Å². The summed E-state index contributed by atoms with van der Waals surface area (Å²) in [6.45, 7) is 0. The number of nitrogens with zero attached hydrogens (tertiary/aromatic N) is 3. The minimum absolute atomic E-state index is 0.117. The molecule has 0 fully saturated rings. The molecule has 140 valence electrons. The number of ketones is 1. The van der Waals surface area contributed by atoms with E-state index in [4.69, 9.17) is 16.3 Å². The van der Waals surface area contributed by atoms with E-state index >= 15 is 0 Å². The van der Waals surface area contributed by atoms with Crippen LogP contribution in [0.5, 0.6) is 5.88 Å². The van der Waals surface area contributed by atoms with Crippen LogP contribution in [0, 0.1) is 0 Å². The predicted molar refractivity (Wildman–Crippen MR) is 107 cm³/mol. The number of H-pyrrole nitrogens is 1. The molecule has 0 spiro atoms. The number of hydrogen-bond acceptors (Lipinski definition) is 5. The first kappa shape index (κ1) is 18.1. The second kappa shape index (κ2) is 7.78. The van der Waals surface area contributed by atoms with Crippen LogP contribution < -0.4 is 4.74 Å². The van der Waals surface area contributed by atoms with Gasteiger partial charge in [0.05, 0.1) is 12.1 Å². The molecule has 4 heterocycles. The highest BCUT2D eigenvalue weighted by molar-refractivity contribution is 6.31. The predicted octanol–water partition coefficient (Wildman–Crippen LogP) is 4.03. The monoisotopic (exact) mass is 392 g/mol. The van der Waals surface area contributed by atoms with E-state index in [0.29, 0.717) is 33.1 Å². The van der Waals surface area contributed by atoms with E-state index < -0.39 is 0 Å². The third-order valence-corrected chi connectivity index (χ3v) is 4.71. The van der Waals surface area contributed by atoms with Gasteiger partial charge in [-0.2, -0.15) is 0 Å². The summed E-state index contributed by atoms with van der Waals surface area (Å²) in [5, 5.41) is 1.19. The Balaban J connectivity index is 1.47. The lowest BCUT2D eigenvalue weighted by Gasteiger charge is -2.04. The van der Waals surface area contributed by atoms with E-state index in [-0.39, 0.29) is 5.78 Å². The van der Waals surface area contributed by atoms with Crippen LogP contribution in [0.2, 0.25) is 5.02 Å². The maximum Gasteiger partial charge on any atom is 0.212 e. The number of ether oxygens (including phenoxy) is 1. The smallest absolute Gasteiger partial charge is 0.212 e. The van der Waals surface area contributed by atoms with Gasteiger partial charge >= 0.3 is 0 Å². The van der Waals surface area contributed by atoms with Gasteiger partial charge in [-0.25, -0.2) is 9.97 Å². The quantitative estimate of drug-likeness (QED) is 0.501. The zero-order valence-corrected chi connectivity index (χ0v) is 15.9. The maximum atomic E-state index is 12.8. The first-order valence-electron chi connectivity index (χ1n) is 8.75. The molecule has 4 rings (SSSR count). The number of aromatic amines is 1. The van der Waals surface area contributed by atoms with Crippen LogP contribution in [0.1, 0.15) is 27.2 Å². The highest BCUT2D eigenvalue weighted by atomic mass is 35.5. The van der Waals surface area contributed by atoms with E-state index in [0.717, 1.165) is 24.1 Å². The number of carbonyl (C=O) groups excluding carboxylic acids is 1. The minimum Gasteiger partial charge on any atom is -0.481 e. The van der Waals surface area contributed by atoms with Crippen LogP contribution in [-0.2, 0) is 12.8 Å². The Morgan fingerprint density at radius 2 is 1.96 bits per heavy atom. The number of aryl methyl sites for hydroxylation is 2. The molecule has 0 unspecified atom stereocenters. The second-order valence-electron chi connectivity index (χ2n) is 6.33. The number of pyridine rings is 3. The lowest BCUT2D eigenvalue weighted by molar-refractivity contribution is 0.104. The number of fused-ring (bicyclic) bond motifs is 1. The van der Waals surface area contributed by atoms with Crippen molar-refractivity contribution in [2.75, 3.05) is 7.11 Å². The summed E-state index contributed by atoms with van der Waals surface area (Å²) in [6.07, 6.45) is 8.18. The molecule has 0 aliphatic heterocycles. The highest BCUT2D eigenvalue weighted by Crippen LogP contribution is 2.22. The van der Waals surface area contributed by atoms with Crippen LogP contribution >= 0.6 is 11.6 Å². The first-order chi connectivity index (χ1) is 13.6. The van der Waals surface area contributed by atoms with Gasteiger partial charge in [-0.1, -0.05) is 17.7 Å². The van der Waals surface area contributed by atoms with Crippen molar-refractivity contribution in [3.63, 3.8) is 0 Å². The van der Waals surface area contributed by atoms with Crippen molar-refractivity contribution in [3.8, 4) is 5.88 Å². The Morgan fingerprint density at radius 3 is 2.68 bits per heavy atom. The normalized spacial score (nSPS) is 10.9. The Kier molecular flexibility index (Phi) is 5.04. The maximum absolute atomic E-state index is 12.8. The molecule has 0 radical (unpaired) electrons. The molecule has 0 aliphatic carbocycles. The fraction of sp³-hybridized carbons (Fsp3) is 0.143. The van der Waals surface area contributed by atoms with Gasteiger partial charge < -0.3 is 9.72 Å². The molecule has 0 amide bonds. The molecule has 1 N–H and O–H groups in total. The number of methoxy groups -OCH3 is 1. The number of aromatic nitrogens is 4. The molecule has 4 aromatic heterocycles. The molecule has 7 heteroatoms. The SMILES string of the molecule is COc1ccc(CCc2ccc(C(=O)c3c[nH]c4ncc(Cl)cc34)cn2)cn1. The molecule has 6 nitrogen and oxygen atoms in total. The average Bonchev–Trinajstić information content (AvgIpc) is 3.15. The molecule has 0 saturated carbocycles. The van der Waals surface area contributed by atoms with Crippen molar-refractivity contribution in [2.24, 2.45) is 0 Å². The van der Waals surface area contributed by atoms with Gasteiger partial charge in [-0.15, -0.1) is 0 Å². The van der Waals surface area contributed by atoms with E-state index in [2.05, 4.69) is 19.9 Å². The van der Waals surface area contributed by atoms with Gasteiger partial charge in [0.25, 0.3) is 0 Å². The Hall–Kier alpha value is -3.25. The fourth-order valence-electron chi connectivity index (χ4n) is 2.98. The van der Waals surface area contributed by atoms with E-state index in [1.54, 1.807) is 44.0 Å². The molecule has 0 aromatic carbocycles. The van der Waals surface area contributed by atoms with Crippen molar-refractivity contribution >= 4 is 28.4 Å². The number of halogens is 1. The molecule has 28 heavy (non-hydrogen) atoms. The largest absolute Gasteiger partial charge is 0.481 e. The number of nitrogens with one attached hydrogen (secondary N) is 1. The van der Waals surface area contributed by atoms with Crippen LogP contribution in [-0.4, -0.2) is 32.8 Å². The summed E-state index contributed by atoms with van der Waals surface area (Å²) in [5.41, 5.74) is 3.70. The Labute approximate surface area is 166 Å². The summed E-state index contributed by atoms with van der Waals surface area (Å²) in [6, 6.07) is 9.24. The molecule has 0 bridgehead atoms. The van der Waals surface area contributed by atoms with E-state index in [9.17, 15) is 4.79 Å². The van der Waals surface area contributed by atoms with Crippen LogP contribution in [0.3, 0.4) is 0 Å². The summed E-state index contributed by atoms with van der Waals surface area (Å²) >= 11 is 6.01. The average molecular weight is 393 g/mol. The molecular weight excluding hydrogens is 376 g/mol. The van der Waals surface area contributed by atoms with Crippen LogP contribution in [0.15, 0.2) is 55.1 Å². The van der Waals surface area contributed by atoms with Crippen molar-refractivity contribution in [3.05, 3.63) is 82.5 Å². The van der Waals surface area contributed by atoms with Crippen molar-refractivity contribution in [2.45, 2.75) is 12.8 Å². The van der Waals surface area contributed by atoms with Gasteiger partial charge in [-0.3, -0.25) is 9.78 Å². The number of hydrogen-bond donors (Lipinski definition) is 1. The first-order valence-corrected chi connectivity index (χ1v) is 9.13. The van der Waals surface area contributed by atoms with Crippen LogP contribution in [0.25, 0.3) is 11.0 Å². The number of carbonyl (C=O) groups is 1. The number of rotatable bonds is 6. The Bertz CT molecular complexity index is 1120. The van der Waals surface area contributed by atoms with E-state index in [1.807, 2.05) is 18.2 Å². The third kappa shape index (κ3) is 3.73. The zero-order chi connectivity index (χ0) is 19.5. The fourth-order valence-corrected chi connectivity index (χ4v) is 3.14. The second-order valence-corrected chi connectivity index (χ2v) is 6.76. The topological polar surface area (TPSA) is 80.8 Å². The summed E-state index contributed by atoms with van der Waals surface area (Å²) < 4.78 is 5.06. The molecule has 4 aromatic rings. The van der Waals surface area contributed by atoms with Crippen LogP contribution in [0.4, 0.5) is 0 Å². The van der Waals surface area contributed by atoms with E-state index in [1.165, 1.54) is 0 Å². The van der Waals surface area contributed by atoms with Crippen molar-refractivity contribution < 1.29 is 9.53 Å². The van der Waals surface area contributed by atoms with Gasteiger partial charge in [0, 0.05) is 53.1 Å². The van der Waals surface area contributed by atoms with Crippen molar-refractivity contribution in [1.82, 2.24) is 19.9 Å². The molecule has 0 saturated heterocycles. The van der Waals surface area contributed by atoms with Crippen molar-refractivity contribution in [1.29, 1.82) is 0 Å². The summed E-state index contributed by atoms with van der Waals surface area (Å²) in [7, 11) is 1.59. The van der Waals surface area contributed by atoms with Gasteiger partial charge in [0.2, 0.25) is 5.88 Å². The molecular formula is C21H17ClN4O2. The molecule has 0 aliphatic rings. The summed E-state index contributed by atoms with van der Waals surface area (Å²) in [5.74, 6) is 0.479. The lowest BCUT2D eigenvalue weighted by Crippen LogP contribution is -2.03. The zero-order valence-electron chi connectivity index (χ0n) is 15.1. The van der Waals surface area contributed by atoms with Gasteiger partial charge in [-0.05, 0) is 36.6 Å². The minimum atomic E-state index is -0.117. The third-order valence-electron chi connectivity index (χ3n) is 4.51.